The van der Waals surface area contributed by atoms with Crippen molar-refractivity contribution in [1.82, 2.24) is 0 Å². The number of aliphatic hydroxyl groups is 2. The Bertz CT molecular complexity index is 2120. The maximum atomic E-state index is 11.3. The van der Waals surface area contributed by atoms with Gasteiger partial charge in [0.2, 0.25) is 0 Å². The number of benzene rings is 4. The van der Waals surface area contributed by atoms with E-state index < -0.39 is 0 Å². The van der Waals surface area contributed by atoms with Gasteiger partial charge < -0.3 is 14.9 Å². The van der Waals surface area contributed by atoms with E-state index in [1.165, 1.54) is 73.9 Å². The zero-order valence-corrected chi connectivity index (χ0v) is 46.4. The molecule has 0 aliphatic carbocycles. The van der Waals surface area contributed by atoms with Crippen molar-refractivity contribution >= 4 is 33.7 Å². The van der Waals surface area contributed by atoms with Crippen molar-refractivity contribution in [2.45, 2.75) is 191 Å². The van der Waals surface area contributed by atoms with Crippen LogP contribution in [0.4, 0.5) is 0 Å². The Kier molecular flexibility index (Phi) is 22.8. The molecule has 0 amide bonds. The fourth-order valence-electron chi connectivity index (χ4n) is 9.66. The van der Waals surface area contributed by atoms with Crippen molar-refractivity contribution in [3.63, 3.8) is 0 Å². The Hall–Kier alpha value is -2.90. The number of halogens is 1. The minimum Gasteiger partial charge on any atom is -0.469 e. The van der Waals surface area contributed by atoms with Crippen LogP contribution in [0.5, 0.6) is 0 Å². The molecule has 2 unspecified atom stereocenters. The average Bonchev–Trinajstić information content (AvgIpc) is 3.27. The highest BCUT2D eigenvalue weighted by molar-refractivity contribution is 9.09. The molecule has 0 aliphatic heterocycles. The maximum absolute atomic E-state index is 11.3. The Morgan fingerprint density at radius 3 is 1.14 bits per heavy atom. The molecular formula is C60H89BrO4S. The second kappa shape index (κ2) is 26.2. The lowest BCUT2D eigenvalue weighted by Crippen LogP contribution is -2.27. The molecule has 4 aromatic carbocycles. The fraction of sp³-hybridized carbons (Fsp3) is 0.583. The molecule has 6 heteroatoms. The van der Waals surface area contributed by atoms with Crippen LogP contribution in [-0.2, 0) is 46.0 Å². The van der Waals surface area contributed by atoms with E-state index in [4.69, 9.17) is 4.74 Å². The van der Waals surface area contributed by atoms with Gasteiger partial charge in [-0.15, -0.1) is 0 Å². The molecule has 4 aromatic rings. The van der Waals surface area contributed by atoms with Crippen LogP contribution in [0.25, 0.3) is 0 Å². The summed E-state index contributed by atoms with van der Waals surface area (Å²) in [6.45, 7) is 30.7. The second-order valence-electron chi connectivity index (χ2n) is 21.1. The van der Waals surface area contributed by atoms with Crippen LogP contribution in [0, 0.1) is 38.5 Å². The van der Waals surface area contributed by atoms with E-state index in [2.05, 4.69) is 186 Å². The highest BCUT2D eigenvalue weighted by Crippen LogP contribution is 2.42. The third kappa shape index (κ3) is 15.3. The number of hydrogen-bond donors (Lipinski definition) is 2. The lowest BCUT2D eigenvalue weighted by atomic mass is 9.69. The van der Waals surface area contributed by atoms with E-state index in [-0.39, 0.29) is 39.8 Å². The lowest BCUT2D eigenvalue weighted by molar-refractivity contribution is -0.140. The highest BCUT2D eigenvalue weighted by atomic mass is 79.9. The van der Waals surface area contributed by atoms with E-state index in [9.17, 15) is 15.0 Å². The Morgan fingerprint density at radius 1 is 0.545 bits per heavy atom. The number of carbonyl (C=O) groups excluding carboxylic acids is 1. The van der Waals surface area contributed by atoms with Gasteiger partial charge in [-0.2, -0.15) is 11.8 Å². The molecule has 0 saturated heterocycles. The lowest BCUT2D eigenvalue weighted by Gasteiger charge is -2.34. The number of hydrogen-bond acceptors (Lipinski definition) is 5. The molecule has 4 rings (SSSR count). The summed E-state index contributed by atoms with van der Waals surface area (Å²) in [5.41, 5.74) is 16.4. The topological polar surface area (TPSA) is 66.8 Å². The van der Waals surface area contributed by atoms with Crippen molar-refractivity contribution in [1.29, 1.82) is 0 Å². The van der Waals surface area contributed by atoms with Gasteiger partial charge in [-0.3, -0.25) is 4.79 Å². The quantitative estimate of drug-likeness (QED) is 0.0467. The molecule has 366 valence electrons. The van der Waals surface area contributed by atoms with Gasteiger partial charge in [0.05, 0.1) is 25.7 Å². The number of aryl methyl sites for hydroxylation is 8. The summed E-state index contributed by atoms with van der Waals surface area (Å²) in [6.07, 6.45) is 9.69. The SMILES string of the molecule is CCC(CC)(c1ccc(CCBr)c(C)c1)c1ccc(CCC(O)C(C)(C)C)c(C)c1.CCC(CC)(c1ccc(CCSCCC(=O)OC)c(C)c1)c1ccc(CCC(O)C(C)(C)C)c(C)c1. The molecule has 2 atom stereocenters. The maximum Gasteiger partial charge on any atom is 0.306 e. The van der Waals surface area contributed by atoms with E-state index in [0.717, 1.165) is 81.0 Å². The van der Waals surface area contributed by atoms with Gasteiger partial charge in [0.15, 0.2) is 0 Å². The first-order valence-corrected chi connectivity index (χ1v) is 27.3. The van der Waals surface area contributed by atoms with Gasteiger partial charge in [0.1, 0.15) is 0 Å². The molecule has 0 saturated carbocycles. The van der Waals surface area contributed by atoms with Crippen LogP contribution >= 0.6 is 27.7 Å². The summed E-state index contributed by atoms with van der Waals surface area (Å²) in [5.74, 6) is 1.68. The van der Waals surface area contributed by atoms with Crippen molar-refractivity contribution < 1.29 is 19.7 Å². The molecule has 66 heavy (non-hydrogen) atoms. The number of methoxy groups -OCH3 is 1. The van der Waals surface area contributed by atoms with E-state index in [1.807, 2.05) is 11.8 Å². The number of carbonyl (C=O) groups is 1. The van der Waals surface area contributed by atoms with Crippen LogP contribution in [0.1, 0.15) is 181 Å². The third-order valence-electron chi connectivity index (χ3n) is 14.9. The minimum absolute atomic E-state index is 0.00717. The summed E-state index contributed by atoms with van der Waals surface area (Å²) >= 11 is 5.38. The molecule has 0 fully saturated rings. The Morgan fingerprint density at radius 2 is 0.864 bits per heavy atom. The summed E-state index contributed by atoms with van der Waals surface area (Å²) in [7, 11) is 1.44. The first-order valence-electron chi connectivity index (χ1n) is 25.0. The largest absolute Gasteiger partial charge is 0.469 e. The van der Waals surface area contributed by atoms with Gasteiger partial charge in [0, 0.05) is 21.9 Å². The number of thioether (sulfide) groups is 1. The van der Waals surface area contributed by atoms with E-state index in [1.54, 1.807) is 0 Å². The molecule has 0 bridgehead atoms. The highest BCUT2D eigenvalue weighted by Gasteiger charge is 2.33. The van der Waals surface area contributed by atoms with Gasteiger partial charge in [-0.1, -0.05) is 158 Å². The first kappa shape index (κ1) is 57.4. The van der Waals surface area contributed by atoms with Gasteiger partial charge >= 0.3 is 5.97 Å². The van der Waals surface area contributed by atoms with Crippen LogP contribution in [0.2, 0.25) is 0 Å². The molecule has 2 N–H and O–H groups in total. The molecule has 0 spiro atoms. The zero-order valence-electron chi connectivity index (χ0n) is 44.0. The van der Waals surface area contributed by atoms with Crippen molar-refractivity contribution in [2.75, 3.05) is 23.9 Å². The van der Waals surface area contributed by atoms with E-state index >= 15 is 0 Å². The van der Waals surface area contributed by atoms with Gasteiger partial charge in [0.25, 0.3) is 0 Å². The molecule has 0 aliphatic rings. The second-order valence-corrected chi connectivity index (χ2v) is 23.1. The number of ether oxygens (including phenoxy) is 1. The Balaban J connectivity index is 0.000000356. The predicted molar refractivity (Wildman–Crippen MR) is 290 cm³/mol. The van der Waals surface area contributed by atoms with Gasteiger partial charge in [-0.25, -0.2) is 0 Å². The molecule has 0 aromatic heterocycles. The summed E-state index contributed by atoms with van der Waals surface area (Å²) in [6, 6.07) is 28.1. The number of aliphatic hydroxyl groups excluding tert-OH is 2. The Labute approximate surface area is 416 Å². The summed E-state index contributed by atoms with van der Waals surface area (Å²) < 4.78 is 4.72. The number of esters is 1. The van der Waals surface area contributed by atoms with Gasteiger partial charge in [-0.05, 0) is 175 Å². The average molecular weight is 986 g/mol. The minimum atomic E-state index is -0.297. The fourth-order valence-corrected chi connectivity index (χ4v) is 11.0. The zero-order chi connectivity index (χ0) is 49.5. The molecule has 0 radical (unpaired) electrons. The summed E-state index contributed by atoms with van der Waals surface area (Å²) in [4.78, 5) is 11.3. The monoisotopic (exact) mass is 985 g/mol. The third-order valence-corrected chi connectivity index (χ3v) is 16.3. The number of rotatable bonds is 22. The molecule has 0 heterocycles. The number of alkyl halides is 1. The standard InChI is InChI=1S/C32H48O3S.C28H41BrO/c1-9-32(10-2,27-14-11-25(23(3)21-27)13-16-29(33)31(5,6)7)28-15-12-26(24(4)22-28)17-19-36-20-18-30(34)35-8;1-8-28(9-2,25-14-11-23(16-17-29)21(4)19-25)24-13-10-22(20(3)18-24)12-15-26(30)27(5,6)7/h11-12,14-15,21-22,29,33H,9-10,13,16-20H2,1-8H3;10-11,13-14,18-19,26,30H,8-9,12,15-17H2,1-7H3. The van der Waals surface area contributed by atoms with Crippen LogP contribution in [-0.4, -0.2) is 52.3 Å². The summed E-state index contributed by atoms with van der Waals surface area (Å²) in [5, 5.41) is 21.9. The van der Waals surface area contributed by atoms with E-state index in [0.29, 0.717) is 6.42 Å². The first-order chi connectivity index (χ1) is 31.1. The van der Waals surface area contributed by atoms with Crippen LogP contribution in [0.15, 0.2) is 72.8 Å². The predicted octanol–water partition coefficient (Wildman–Crippen LogP) is 15.3. The van der Waals surface area contributed by atoms with Crippen LogP contribution < -0.4 is 0 Å². The normalized spacial score (nSPS) is 13.2. The van der Waals surface area contributed by atoms with Crippen LogP contribution in [0.3, 0.4) is 0 Å². The van der Waals surface area contributed by atoms with Crippen molar-refractivity contribution in [2.24, 2.45) is 10.8 Å². The van der Waals surface area contributed by atoms with Crippen molar-refractivity contribution in [3.05, 3.63) is 140 Å². The molecular weight excluding hydrogens is 897 g/mol. The smallest absolute Gasteiger partial charge is 0.306 e. The molecule has 4 nitrogen and oxygen atoms in total. The van der Waals surface area contributed by atoms with Crippen molar-refractivity contribution in [3.8, 4) is 0 Å².